The van der Waals surface area contributed by atoms with E-state index < -0.39 is 0 Å². The van der Waals surface area contributed by atoms with Crippen LogP contribution >= 0.6 is 0 Å². The van der Waals surface area contributed by atoms with Gasteiger partial charge in [-0.3, -0.25) is 4.90 Å². The van der Waals surface area contributed by atoms with Crippen molar-refractivity contribution < 1.29 is 0 Å². The first-order chi connectivity index (χ1) is 11.5. The molecule has 0 bridgehead atoms. The number of hydrogen-bond donors (Lipinski definition) is 1. The quantitative estimate of drug-likeness (QED) is 0.869. The Morgan fingerprint density at radius 2 is 1.50 bits per heavy atom. The van der Waals surface area contributed by atoms with E-state index in [2.05, 4.69) is 91.7 Å². The molecule has 2 nitrogen and oxygen atoms in total. The Morgan fingerprint density at radius 3 is 2.08 bits per heavy atom. The van der Waals surface area contributed by atoms with Crippen molar-refractivity contribution in [1.29, 1.82) is 0 Å². The van der Waals surface area contributed by atoms with Crippen molar-refractivity contribution in [3.05, 3.63) is 71.8 Å². The molecular formula is C22H30N2. The summed E-state index contributed by atoms with van der Waals surface area (Å²) in [5, 5.41) is 3.77. The normalized spacial score (nSPS) is 22.5. The lowest BCUT2D eigenvalue weighted by atomic mass is 9.90. The summed E-state index contributed by atoms with van der Waals surface area (Å²) < 4.78 is 0. The number of hydrogen-bond acceptors (Lipinski definition) is 2. The van der Waals surface area contributed by atoms with Crippen LogP contribution in [0.1, 0.15) is 50.4 Å². The Kier molecular flexibility index (Phi) is 5.37. The Bertz CT molecular complexity index is 615. The first-order valence-electron chi connectivity index (χ1n) is 9.10. The van der Waals surface area contributed by atoms with Crippen LogP contribution in [-0.2, 0) is 0 Å². The fourth-order valence-electron chi connectivity index (χ4n) is 3.45. The van der Waals surface area contributed by atoms with Crippen LogP contribution in [0.3, 0.4) is 0 Å². The van der Waals surface area contributed by atoms with Gasteiger partial charge in [-0.15, -0.1) is 0 Å². The van der Waals surface area contributed by atoms with Gasteiger partial charge < -0.3 is 5.32 Å². The minimum atomic E-state index is 0.369. The molecule has 128 valence electrons. The fraction of sp³-hybridized carbons (Fsp3) is 0.455. The van der Waals surface area contributed by atoms with Gasteiger partial charge in [0.25, 0.3) is 0 Å². The monoisotopic (exact) mass is 322 g/mol. The standard InChI is InChI=1S/C22H30N2/c1-22(2,3)14-15-24-17-20(18-10-6-4-7-11-18)23-16-21(24)19-12-8-5-9-13-19/h4-13,20-21,23H,14-17H2,1-3H3/t20-,21-/m0/s1. The van der Waals surface area contributed by atoms with Crippen molar-refractivity contribution in [3.63, 3.8) is 0 Å². The SMILES string of the molecule is CC(C)(C)CCN1C[C@@H](c2ccccc2)NC[C@H]1c1ccccc1. The van der Waals surface area contributed by atoms with E-state index in [0.717, 1.165) is 19.6 Å². The summed E-state index contributed by atoms with van der Waals surface area (Å²) in [7, 11) is 0. The van der Waals surface area contributed by atoms with E-state index in [9.17, 15) is 0 Å². The molecule has 2 aromatic rings. The van der Waals surface area contributed by atoms with Crippen molar-refractivity contribution >= 4 is 0 Å². The second kappa shape index (κ2) is 7.50. The summed E-state index contributed by atoms with van der Waals surface area (Å²) in [5.41, 5.74) is 3.18. The lowest BCUT2D eigenvalue weighted by Gasteiger charge is -2.42. The van der Waals surface area contributed by atoms with Gasteiger partial charge in [-0.05, 0) is 29.5 Å². The molecule has 0 spiro atoms. The Labute approximate surface area is 146 Å². The zero-order valence-corrected chi connectivity index (χ0v) is 15.2. The molecule has 1 aliphatic rings. The van der Waals surface area contributed by atoms with Crippen molar-refractivity contribution in [1.82, 2.24) is 10.2 Å². The first kappa shape index (κ1) is 17.2. The van der Waals surface area contributed by atoms with E-state index in [1.54, 1.807) is 0 Å². The van der Waals surface area contributed by atoms with E-state index in [1.807, 2.05) is 0 Å². The van der Waals surface area contributed by atoms with Crippen LogP contribution in [0.5, 0.6) is 0 Å². The molecule has 2 heteroatoms. The third-order valence-corrected chi connectivity index (χ3v) is 4.95. The van der Waals surface area contributed by atoms with Crippen LogP contribution in [0.25, 0.3) is 0 Å². The molecule has 24 heavy (non-hydrogen) atoms. The lowest BCUT2D eigenvalue weighted by molar-refractivity contribution is 0.114. The van der Waals surface area contributed by atoms with Gasteiger partial charge >= 0.3 is 0 Å². The molecule has 0 radical (unpaired) electrons. The summed E-state index contributed by atoms with van der Waals surface area (Å²) >= 11 is 0. The van der Waals surface area contributed by atoms with Crippen LogP contribution < -0.4 is 5.32 Å². The van der Waals surface area contributed by atoms with Crippen molar-refractivity contribution in [2.45, 2.75) is 39.3 Å². The number of rotatable bonds is 4. The molecule has 0 aromatic heterocycles. The molecule has 0 saturated carbocycles. The molecule has 0 unspecified atom stereocenters. The second-order valence-corrected chi connectivity index (χ2v) is 8.10. The highest BCUT2D eigenvalue weighted by Gasteiger charge is 2.30. The molecular weight excluding hydrogens is 292 g/mol. The molecule has 3 rings (SSSR count). The van der Waals surface area contributed by atoms with E-state index in [-0.39, 0.29) is 0 Å². The molecule has 0 aliphatic carbocycles. The maximum absolute atomic E-state index is 3.77. The molecule has 0 amide bonds. The second-order valence-electron chi connectivity index (χ2n) is 8.10. The van der Waals surface area contributed by atoms with Crippen molar-refractivity contribution in [3.8, 4) is 0 Å². The van der Waals surface area contributed by atoms with Crippen LogP contribution in [0.15, 0.2) is 60.7 Å². The summed E-state index contributed by atoms with van der Waals surface area (Å²) in [5.74, 6) is 0. The Morgan fingerprint density at radius 1 is 0.917 bits per heavy atom. The van der Waals surface area contributed by atoms with Gasteiger partial charge in [-0.1, -0.05) is 81.4 Å². The van der Waals surface area contributed by atoms with Gasteiger partial charge in [-0.2, -0.15) is 0 Å². The third kappa shape index (κ3) is 4.46. The number of piperazine rings is 1. The zero-order chi connectivity index (χ0) is 17.0. The maximum Gasteiger partial charge on any atom is 0.0473 e. The fourth-order valence-corrected chi connectivity index (χ4v) is 3.45. The van der Waals surface area contributed by atoms with Crippen LogP contribution in [0.2, 0.25) is 0 Å². The van der Waals surface area contributed by atoms with E-state index in [0.29, 0.717) is 17.5 Å². The molecule has 1 saturated heterocycles. The molecule has 2 aromatic carbocycles. The minimum Gasteiger partial charge on any atom is -0.307 e. The smallest absolute Gasteiger partial charge is 0.0473 e. The van der Waals surface area contributed by atoms with E-state index in [1.165, 1.54) is 17.5 Å². The molecule has 1 aliphatic heterocycles. The zero-order valence-electron chi connectivity index (χ0n) is 15.2. The summed E-state index contributed by atoms with van der Waals surface area (Å²) in [4.78, 5) is 2.68. The highest BCUT2D eigenvalue weighted by Crippen LogP contribution is 2.30. The topological polar surface area (TPSA) is 15.3 Å². The molecule has 1 heterocycles. The van der Waals surface area contributed by atoms with Gasteiger partial charge in [-0.25, -0.2) is 0 Å². The van der Waals surface area contributed by atoms with Gasteiger partial charge in [0.05, 0.1) is 0 Å². The van der Waals surface area contributed by atoms with Gasteiger partial charge in [0.15, 0.2) is 0 Å². The average Bonchev–Trinajstić information content (AvgIpc) is 2.61. The third-order valence-electron chi connectivity index (χ3n) is 4.95. The Balaban J connectivity index is 1.77. The minimum absolute atomic E-state index is 0.369. The highest BCUT2D eigenvalue weighted by molar-refractivity contribution is 5.24. The van der Waals surface area contributed by atoms with Gasteiger partial charge in [0, 0.05) is 25.2 Å². The van der Waals surface area contributed by atoms with Crippen molar-refractivity contribution in [2.75, 3.05) is 19.6 Å². The van der Waals surface area contributed by atoms with Gasteiger partial charge in [0.2, 0.25) is 0 Å². The molecule has 1 fully saturated rings. The van der Waals surface area contributed by atoms with Crippen LogP contribution in [0, 0.1) is 5.41 Å². The van der Waals surface area contributed by atoms with E-state index in [4.69, 9.17) is 0 Å². The summed E-state index contributed by atoms with van der Waals surface area (Å²) in [6.07, 6.45) is 1.22. The largest absolute Gasteiger partial charge is 0.307 e. The summed E-state index contributed by atoms with van der Waals surface area (Å²) in [6.45, 7) is 10.2. The number of benzene rings is 2. The highest BCUT2D eigenvalue weighted by atomic mass is 15.2. The number of nitrogens with zero attached hydrogens (tertiary/aromatic N) is 1. The predicted octanol–water partition coefficient (Wildman–Crippen LogP) is 4.81. The lowest BCUT2D eigenvalue weighted by Crippen LogP contribution is -2.48. The van der Waals surface area contributed by atoms with E-state index >= 15 is 0 Å². The predicted molar refractivity (Wildman–Crippen MR) is 102 cm³/mol. The molecule has 2 atom stereocenters. The van der Waals surface area contributed by atoms with Gasteiger partial charge in [0.1, 0.15) is 0 Å². The number of nitrogens with one attached hydrogen (secondary N) is 1. The first-order valence-corrected chi connectivity index (χ1v) is 9.10. The van der Waals surface area contributed by atoms with Crippen LogP contribution in [0.4, 0.5) is 0 Å². The van der Waals surface area contributed by atoms with Crippen LogP contribution in [-0.4, -0.2) is 24.5 Å². The maximum atomic E-state index is 3.77. The average molecular weight is 322 g/mol. The summed E-state index contributed by atoms with van der Waals surface area (Å²) in [6, 6.07) is 22.7. The Hall–Kier alpha value is -1.64. The van der Waals surface area contributed by atoms with Crippen molar-refractivity contribution in [2.24, 2.45) is 5.41 Å². The molecule has 1 N–H and O–H groups in total.